The number of esters is 1. The molecule has 2 aliphatic rings. The Morgan fingerprint density at radius 3 is 2.78 bits per heavy atom. The van der Waals surface area contributed by atoms with Crippen molar-refractivity contribution in [3.05, 3.63) is 0 Å². The van der Waals surface area contributed by atoms with Crippen molar-refractivity contribution >= 4 is 23.6 Å². The molecule has 1 amide bonds. The van der Waals surface area contributed by atoms with Gasteiger partial charge in [0.1, 0.15) is 0 Å². The van der Waals surface area contributed by atoms with Crippen LogP contribution >= 0.6 is 11.8 Å². The number of rotatable bonds is 4. The van der Waals surface area contributed by atoms with E-state index in [1.54, 1.807) is 4.90 Å². The Labute approximate surface area is 112 Å². The van der Waals surface area contributed by atoms with Gasteiger partial charge in [-0.25, -0.2) is 0 Å². The number of ether oxygens (including phenoxy) is 1. The zero-order valence-electron chi connectivity index (χ0n) is 10.8. The Kier molecular flexibility index (Phi) is 4.88. The number of hydrogen-bond donors (Lipinski definition) is 0. The standard InChI is InChI=1S/C12H20N2O3S/c1-17-12(16)10-8-11(15)14(9-10)3-2-13-4-6-18-7-5-13/h10H,2-9H2,1H3. The van der Waals surface area contributed by atoms with Gasteiger partial charge in [0.25, 0.3) is 0 Å². The molecular formula is C12H20N2O3S. The zero-order chi connectivity index (χ0) is 13.0. The second kappa shape index (κ2) is 6.43. The molecule has 1 unspecified atom stereocenters. The maximum Gasteiger partial charge on any atom is 0.310 e. The molecule has 2 heterocycles. The van der Waals surface area contributed by atoms with Gasteiger partial charge >= 0.3 is 5.97 Å². The lowest BCUT2D eigenvalue weighted by Gasteiger charge is -2.28. The van der Waals surface area contributed by atoms with Gasteiger partial charge in [-0.15, -0.1) is 0 Å². The number of thioether (sulfide) groups is 1. The highest BCUT2D eigenvalue weighted by Gasteiger charge is 2.34. The molecule has 0 aliphatic carbocycles. The molecule has 2 rings (SSSR count). The van der Waals surface area contributed by atoms with E-state index in [-0.39, 0.29) is 17.8 Å². The average molecular weight is 272 g/mol. The lowest BCUT2D eigenvalue weighted by Crippen LogP contribution is -2.40. The average Bonchev–Trinajstić information content (AvgIpc) is 2.78. The van der Waals surface area contributed by atoms with Gasteiger partial charge in [-0.2, -0.15) is 11.8 Å². The van der Waals surface area contributed by atoms with Gasteiger partial charge < -0.3 is 9.64 Å². The van der Waals surface area contributed by atoms with Gasteiger partial charge in [-0.05, 0) is 0 Å². The van der Waals surface area contributed by atoms with E-state index in [1.807, 2.05) is 11.8 Å². The Morgan fingerprint density at radius 1 is 1.39 bits per heavy atom. The van der Waals surface area contributed by atoms with E-state index < -0.39 is 0 Å². The molecule has 1 atom stereocenters. The highest BCUT2D eigenvalue weighted by atomic mass is 32.2. The second-order valence-electron chi connectivity index (χ2n) is 4.72. The number of nitrogens with zero attached hydrogens (tertiary/aromatic N) is 2. The fraction of sp³-hybridized carbons (Fsp3) is 0.833. The van der Waals surface area contributed by atoms with Crippen molar-refractivity contribution in [2.45, 2.75) is 6.42 Å². The van der Waals surface area contributed by atoms with Gasteiger partial charge in [0, 0.05) is 50.7 Å². The van der Waals surface area contributed by atoms with Crippen LogP contribution in [0.2, 0.25) is 0 Å². The van der Waals surface area contributed by atoms with Crippen LogP contribution in [0.3, 0.4) is 0 Å². The summed E-state index contributed by atoms with van der Waals surface area (Å²) < 4.78 is 4.69. The van der Waals surface area contributed by atoms with Crippen LogP contribution in [0, 0.1) is 5.92 Å². The summed E-state index contributed by atoms with van der Waals surface area (Å²) in [7, 11) is 1.38. The fourth-order valence-electron chi connectivity index (χ4n) is 2.40. The first-order valence-electron chi connectivity index (χ1n) is 6.36. The fourth-order valence-corrected chi connectivity index (χ4v) is 3.38. The Morgan fingerprint density at radius 2 is 2.11 bits per heavy atom. The quantitative estimate of drug-likeness (QED) is 0.677. The molecule has 6 heteroatoms. The minimum absolute atomic E-state index is 0.0804. The first-order valence-corrected chi connectivity index (χ1v) is 7.52. The predicted molar refractivity (Wildman–Crippen MR) is 70.5 cm³/mol. The summed E-state index contributed by atoms with van der Waals surface area (Å²) in [5.74, 6) is 1.91. The first-order chi connectivity index (χ1) is 8.70. The van der Waals surface area contributed by atoms with Crippen molar-refractivity contribution in [2.24, 2.45) is 5.92 Å². The summed E-state index contributed by atoms with van der Waals surface area (Å²) >= 11 is 1.98. The maximum atomic E-state index is 11.8. The molecule has 0 aromatic rings. The number of carbonyl (C=O) groups is 2. The number of hydrogen-bond acceptors (Lipinski definition) is 5. The molecule has 0 radical (unpaired) electrons. The molecule has 2 fully saturated rings. The van der Waals surface area contributed by atoms with E-state index in [0.717, 1.165) is 26.2 Å². The smallest absolute Gasteiger partial charge is 0.310 e. The van der Waals surface area contributed by atoms with Crippen LogP contribution in [0.25, 0.3) is 0 Å². The van der Waals surface area contributed by atoms with E-state index in [1.165, 1.54) is 18.6 Å². The Hall–Kier alpha value is -0.750. The normalized spacial score (nSPS) is 25.5. The monoisotopic (exact) mass is 272 g/mol. The third-order valence-corrected chi connectivity index (χ3v) is 4.48. The first kappa shape index (κ1) is 13.7. The summed E-state index contributed by atoms with van der Waals surface area (Å²) in [6.07, 6.45) is 0.308. The third kappa shape index (κ3) is 3.38. The number of methoxy groups -OCH3 is 1. The van der Waals surface area contributed by atoms with Crippen LogP contribution < -0.4 is 0 Å². The summed E-state index contributed by atoms with van der Waals surface area (Å²) in [4.78, 5) is 27.3. The molecule has 0 saturated carbocycles. The van der Waals surface area contributed by atoms with Crippen molar-refractivity contribution in [1.29, 1.82) is 0 Å². The number of likely N-dealkylation sites (tertiary alicyclic amines) is 1. The minimum atomic E-state index is -0.264. The molecule has 18 heavy (non-hydrogen) atoms. The summed E-state index contributed by atoms with van der Waals surface area (Å²) in [5.41, 5.74) is 0. The van der Waals surface area contributed by atoms with Crippen molar-refractivity contribution in [2.75, 3.05) is 51.3 Å². The van der Waals surface area contributed by atoms with E-state index in [2.05, 4.69) is 4.90 Å². The van der Waals surface area contributed by atoms with E-state index in [9.17, 15) is 9.59 Å². The molecule has 2 saturated heterocycles. The summed E-state index contributed by atoms with van der Waals surface area (Å²) in [5, 5.41) is 0. The van der Waals surface area contributed by atoms with E-state index >= 15 is 0 Å². The van der Waals surface area contributed by atoms with Crippen LogP contribution in [0.15, 0.2) is 0 Å². The Bertz CT molecular complexity index is 318. The molecule has 0 spiro atoms. The summed E-state index contributed by atoms with van der Waals surface area (Å²) in [6.45, 7) is 4.38. The van der Waals surface area contributed by atoms with Gasteiger partial charge in [0.05, 0.1) is 13.0 Å². The SMILES string of the molecule is COC(=O)C1CC(=O)N(CCN2CCSCC2)C1. The molecule has 0 N–H and O–H groups in total. The molecule has 2 aliphatic heterocycles. The number of amides is 1. The van der Waals surface area contributed by atoms with Gasteiger partial charge in [0.2, 0.25) is 5.91 Å². The molecule has 0 bridgehead atoms. The minimum Gasteiger partial charge on any atom is -0.469 e. The van der Waals surface area contributed by atoms with Crippen LogP contribution in [0.1, 0.15) is 6.42 Å². The highest BCUT2D eigenvalue weighted by Crippen LogP contribution is 2.19. The predicted octanol–water partition coefficient (Wildman–Crippen LogP) is 0.0567. The zero-order valence-corrected chi connectivity index (χ0v) is 11.6. The van der Waals surface area contributed by atoms with Gasteiger partial charge in [-0.1, -0.05) is 0 Å². The number of carbonyl (C=O) groups excluding carboxylic acids is 2. The Balaban J connectivity index is 1.76. The molecule has 0 aromatic carbocycles. The molecule has 5 nitrogen and oxygen atoms in total. The van der Waals surface area contributed by atoms with E-state index in [4.69, 9.17) is 4.74 Å². The lowest BCUT2D eigenvalue weighted by atomic mass is 10.1. The van der Waals surface area contributed by atoms with Crippen molar-refractivity contribution in [1.82, 2.24) is 9.80 Å². The van der Waals surface area contributed by atoms with Crippen LogP contribution in [-0.4, -0.2) is 73.0 Å². The molecule has 0 aromatic heterocycles. The van der Waals surface area contributed by atoms with Crippen LogP contribution in [0.5, 0.6) is 0 Å². The molecular weight excluding hydrogens is 252 g/mol. The second-order valence-corrected chi connectivity index (χ2v) is 5.94. The molecule has 102 valence electrons. The van der Waals surface area contributed by atoms with Gasteiger partial charge in [0.15, 0.2) is 0 Å². The topological polar surface area (TPSA) is 49.9 Å². The van der Waals surface area contributed by atoms with Crippen molar-refractivity contribution in [3.8, 4) is 0 Å². The van der Waals surface area contributed by atoms with Crippen molar-refractivity contribution < 1.29 is 14.3 Å². The van der Waals surface area contributed by atoms with Gasteiger partial charge in [-0.3, -0.25) is 14.5 Å². The largest absolute Gasteiger partial charge is 0.469 e. The summed E-state index contributed by atoms with van der Waals surface area (Å²) in [6, 6.07) is 0. The lowest BCUT2D eigenvalue weighted by molar-refractivity contribution is -0.145. The van der Waals surface area contributed by atoms with E-state index in [0.29, 0.717) is 13.0 Å². The maximum absolute atomic E-state index is 11.8. The van der Waals surface area contributed by atoms with Crippen molar-refractivity contribution in [3.63, 3.8) is 0 Å². The van der Waals surface area contributed by atoms with Crippen LogP contribution in [-0.2, 0) is 14.3 Å². The highest BCUT2D eigenvalue weighted by molar-refractivity contribution is 7.99. The van der Waals surface area contributed by atoms with Crippen LogP contribution in [0.4, 0.5) is 0 Å². The third-order valence-electron chi connectivity index (χ3n) is 3.54.